The lowest BCUT2D eigenvalue weighted by Crippen LogP contribution is -2.28. The van der Waals surface area contributed by atoms with Crippen LogP contribution in [0.15, 0.2) is 35.4 Å². The molecule has 0 aliphatic heterocycles. The monoisotopic (exact) mass is 396 g/mol. The van der Waals surface area contributed by atoms with E-state index in [2.05, 4.69) is 20.6 Å². The van der Waals surface area contributed by atoms with Crippen molar-refractivity contribution in [3.8, 4) is 5.88 Å². The maximum Gasteiger partial charge on any atom is 0.278 e. The van der Waals surface area contributed by atoms with Crippen molar-refractivity contribution in [3.63, 3.8) is 0 Å². The molecule has 0 saturated carbocycles. The fourth-order valence-electron chi connectivity index (χ4n) is 3.11. The van der Waals surface area contributed by atoms with Gasteiger partial charge in [0.1, 0.15) is 0 Å². The van der Waals surface area contributed by atoms with Crippen LogP contribution < -0.4 is 15.0 Å². The molecule has 3 aromatic heterocycles. The van der Waals surface area contributed by atoms with E-state index in [1.165, 1.54) is 11.3 Å². The molecule has 28 heavy (non-hydrogen) atoms. The number of thiazole rings is 1. The molecular weight excluding hydrogens is 376 g/mol. The molecule has 3 heterocycles. The number of hydrogen-bond acceptors (Lipinski definition) is 6. The summed E-state index contributed by atoms with van der Waals surface area (Å²) < 4.78 is 10.3. The van der Waals surface area contributed by atoms with Crippen LogP contribution in [-0.2, 0) is 18.9 Å². The first-order valence-electron chi connectivity index (χ1n) is 8.75. The zero-order valence-electron chi connectivity index (χ0n) is 16.1. The molecule has 0 saturated heterocycles. The van der Waals surface area contributed by atoms with Gasteiger partial charge in [-0.3, -0.25) is 4.79 Å². The third-order valence-electron chi connectivity index (χ3n) is 4.42. The summed E-state index contributed by atoms with van der Waals surface area (Å²) in [5.74, 6) is 0.0408. The summed E-state index contributed by atoms with van der Waals surface area (Å²) in [6.07, 6.45) is 0. The van der Waals surface area contributed by atoms with Crippen LogP contribution in [0.2, 0.25) is 0 Å². The van der Waals surface area contributed by atoms with Gasteiger partial charge in [0.05, 0.1) is 15.6 Å². The fourth-order valence-corrected chi connectivity index (χ4v) is 4.09. The number of rotatable bonds is 4. The van der Waals surface area contributed by atoms with Gasteiger partial charge in [-0.05, 0) is 37.6 Å². The number of carbonyl (C=O) groups excluding carboxylic acids is 1. The van der Waals surface area contributed by atoms with Crippen LogP contribution in [0.3, 0.4) is 0 Å². The molecule has 0 aliphatic rings. The van der Waals surface area contributed by atoms with Crippen LogP contribution in [0.4, 0.5) is 0 Å². The second kappa shape index (κ2) is 7.08. The van der Waals surface area contributed by atoms with Gasteiger partial charge >= 0.3 is 0 Å². The normalized spacial score (nSPS) is 12.1. The van der Waals surface area contributed by atoms with Crippen LogP contribution in [-0.4, -0.2) is 31.8 Å². The Hall–Kier alpha value is -3.20. The highest BCUT2D eigenvalue weighted by Crippen LogP contribution is 2.26. The van der Waals surface area contributed by atoms with Gasteiger partial charge in [0, 0.05) is 19.8 Å². The summed E-state index contributed by atoms with van der Waals surface area (Å²) >= 11 is 1.51. The number of aromatic nitrogens is 4. The molecule has 0 aliphatic carbocycles. The molecule has 1 amide bonds. The van der Waals surface area contributed by atoms with Gasteiger partial charge in [-0.15, -0.1) is 10.2 Å². The zero-order valence-corrected chi connectivity index (χ0v) is 16.9. The molecule has 0 spiro atoms. The first-order valence-corrected chi connectivity index (χ1v) is 9.56. The molecule has 0 unspecified atom stereocenters. The van der Waals surface area contributed by atoms with Crippen LogP contribution in [0.25, 0.3) is 21.3 Å². The largest absolute Gasteiger partial charge is 0.466 e. The first-order chi connectivity index (χ1) is 13.4. The maximum atomic E-state index is 12.2. The second-order valence-electron chi connectivity index (χ2n) is 6.55. The first kappa shape index (κ1) is 18.2. The van der Waals surface area contributed by atoms with Crippen molar-refractivity contribution in [1.82, 2.24) is 24.8 Å². The Morgan fingerprint density at radius 1 is 1.29 bits per heavy atom. The van der Waals surface area contributed by atoms with Crippen molar-refractivity contribution < 1.29 is 9.53 Å². The van der Waals surface area contributed by atoms with E-state index in [1.54, 1.807) is 11.7 Å². The van der Waals surface area contributed by atoms with Gasteiger partial charge < -0.3 is 9.30 Å². The van der Waals surface area contributed by atoms with Gasteiger partial charge in [-0.1, -0.05) is 23.5 Å². The molecule has 4 rings (SSSR count). The van der Waals surface area contributed by atoms with E-state index in [9.17, 15) is 4.79 Å². The molecule has 4 aromatic rings. The summed E-state index contributed by atoms with van der Waals surface area (Å²) in [6.45, 7) is 3.73. The second-order valence-corrected chi connectivity index (χ2v) is 7.56. The third kappa shape index (κ3) is 3.24. The Kier molecular flexibility index (Phi) is 4.60. The predicted octanol–water partition coefficient (Wildman–Crippen LogP) is 2.15. The molecular formula is C19H20N6O2S. The number of nitrogens with zero attached hydrogens (tertiary/aromatic N) is 5. The lowest BCUT2D eigenvalue weighted by atomic mass is 10.2. The molecule has 1 N–H and O–H groups in total. The lowest BCUT2D eigenvalue weighted by Gasteiger charge is -2.04. The summed E-state index contributed by atoms with van der Waals surface area (Å²) in [6, 6.07) is 9.95. The van der Waals surface area contributed by atoms with Crippen molar-refractivity contribution >= 4 is 38.5 Å². The molecule has 144 valence electrons. The third-order valence-corrected chi connectivity index (χ3v) is 5.53. The number of fused-ring (bicyclic) bond motifs is 2. The van der Waals surface area contributed by atoms with Crippen LogP contribution >= 0.6 is 11.3 Å². The van der Waals surface area contributed by atoms with Crippen molar-refractivity contribution in [2.45, 2.75) is 13.8 Å². The average molecular weight is 396 g/mol. The van der Waals surface area contributed by atoms with E-state index in [-0.39, 0.29) is 12.5 Å². The summed E-state index contributed by atoms with van der Waals surface area (Å²) in [7, 11) is 3.72. The van der Waals surface area contributed by atoms with Gasteiger partial charge in [0.2, 0.25) is 10.7 Å². The molecule has 0 bridgehead atoms. The molecule has 0 atom stereocenters. The summed E-state index contributed by atoms with van der Waals surface area (Å²) in [5.41, 5.74) is 6.26. The van der Waals surface area contributed by atoms with Crippen molar-refractivity contribution in [2.75, 3.05) is 6.61 Å². The topological polar surface area (TPSA) is 86.3 Å². The zero-order chi connectivity index (χ0) is 19.8. The SMILES string of the molecule is Cc1cc(C)c2c(OCC(=O)N/N=c3/sc4ccccc4n3C)nn(C)c2n1. The Morgan fingerprint density at radius 3 is 2.86 bits per heavy atom. The number of nitrogens with one attached hydrogen (secondary N) is 1. The fraction of sp³-hybridized carbons (Fsp3) is 0.263. The smallest absolute Gasteiger partial charge is 0.278 e. The van der Waals surface area contributed by atoms with E-state index in [1.807, 2.05) is 55.8 Å². The average Bonchev–Trinajstić information content (AvgIpc) is 3.16. The highest BCUT2D eigenvalue weighted by molar-refractivity contribution is 7.16. The van der Waals surface area contributed by atoms with Crippen LogP contribution in [0.1, 0.15) is 11.3 Å². The predicted molar refractivity (Wildman–Crippen MR) is 108 cm³/mol. The van der Waals surface area contributed by atoms with Crippen molar-refractivity contribution in [2.24, 2.45) is 19.2 Å². The van der Waals surface area contributed by atoms with Crippen molar-refractivity contribution in [1.29, 1.82) is 0 Å². The standard InChI is InChI=1S/C19H20N6O2S/c1-11-9-12(2)20-17-16(11)18(23-25(17)4)27-10-15(26)21-22-19-24(3)13-7-5-6-8-14(13)28-19/h5-9H,10H2,1-4H3,(H,21,26)/b22-19+. The van der Waals surface area contributed by atoms with Gasteiger partial charge in [-0.2, -0.15) is 0 Å². The number of hydrogen-bond donors (Lipinski definition) is 1. The van der Waals surface area contributed by atoms with Gasteiger partial charge in [-0.25, -0.2) is 15.1 Å². The number of para-hydroxylation sites is 1. The number of ether oxygens (including phenoxy) is 1. The Bertz CT molecular complexity index is 1270. The Balaban J connectivity index is 1.51. The van der Waals surface area contributed by atoms with Gasteiger partial charge in [0.15, 0.2) is 12.3 Å². The lowest BCUT2D eigenvalue weighted by molar-refractivity contribution is -0.123. The van der Waals surface area contributed by atoms with E-state index in [0.29, 0.717) is 10.7 Å². The van der Waals surface area contributed by atoms with Crippen LogP contribution in [0.5, 0.6) is 5.88 Å². The van der Waals surface area contributed by atoms with E-state index >= 15 is 0 Å². The summed E-state index contributed by atoms with van der Waals surface area (Å²) in [4.78, 5) is 17.4. The number of aryl methyl sites for hydroxylation is 4. The Morgan fingerprint density at radius 2 is 2.07 bits per heavy atom. The van der Waals surface area contributed by atoms with Crippen molar-refractivity contribution in [3.05, 3.63) is 46.4 Å². The van der Waals surface area contributed by atoms with E-state index in [4.69, 9.17) is 4.74 Å². The Labute approximate surface area is 165 Å². The quantitative estimate of drug-likeness (QED) is 0.536. The minimum Gasteiger partial charge on any atom is -0.466 e. The number of carbonyl (C=O) groups is 1. The molecule has 0 fully saturated rings. The molecule has 9 heteroatoms. The molecule has 0 radical (unpaired) electrons. The van der Waals surface area contributed by atoms with Crippen LogP contribution in [0, 0.1) is 13.8 Å². The van der Waals surface area contributed by atoms with E-state index in [0.717, 1.165) is 32.5 Å². The number of benzene rings is 1. The highest BCUT2D eigenvalue weighted by Gasteiger charge is 2.15. The molecule has 8 nitrogen and oxygen atoms in total. The van der Waals surface area contributed by atoms with Gasteiger partial charge in [0.25, 0.3) is 5.91 Å². The highest BCUT2D eigenvalue weighted by atomic mass is 32.1. The minimum absolute atomic E-state index is 0.183. The summed E-state index contributed by atoms with van der Waals surface area (Å²) in [5, 5.41) is 9.37. The molecule has 1 aromatic carbocycles. The number of amides is 1. The number of pyridine rings is 1. The maximum absolute atomic E-state index is 12.2. The minimum atomic E-state index is -0.353. The van der Waals surface area contributed by atoms with E-state index < -0.39 is 0 Å².